The van der Waals surface area contributed by atoms with Crippen molar-refractivity contribution < 1.29 is 0 Å². The number of nitrogens with zero attached hydrogens (tertiary/aromatic N) is 1. The highest BCUT2D eigenvalue weighted by Crippen LogP contribution is 2.12. The average molecular weight is 188 g/mol. The maximum absolute atomic E-state index is 3.40. The van der Waals surface area contributed by atoms with Gasteiger partial charge in [0.1, 0.15) is 0 Å². The van der Waals surface area contributed by atoms with E-state index in [1.165, 1.54) is 25.3 Å². The molecule has 0 aromatic heterocycles. The number of nitrogens with one attached hydrogen (secondary N) is 1. The van der Waals surface area contributed by atoms with Gasteiger partial charge in [-0.05, 0) is 33.2 Å². The van der Waals surface area contributed by atoms with Crippen LogP contribution in [0, 0.1) is 0 Å². The van der Waals surface area contributed by atoms with Gasteiger partial charge in [-0.25, -0.2) is 0 Å². The van der Waals surface area contributed by atoms with E-state index in [2.05, 4.69) is 30.4 Å². The highest BCUT2D eigenvalue weighted by Gasteiger charge is 2.22. The van der Waals surface area contributed by atoms with Gasteiger partial charge in [0.2, 0.25) is 0 Å². The summed E-state index contributed by atoms with van der Waals surface area (Å²) in [6, 6.07) is 1.48. The fraction of sp³-hybridized carbons (Fsp3) is 1.00. The van der Waals surface area contributed by atoms with Gasteiger partial charge in [-0.1, -0.05) is 0 Å². The van der Waals surface area contributed by atoms with Crippen LogP contribution in [-0.4, -0.2) is 49.1 Å². The molecule has 1 N–H and O–H groups in total. The standard InChI is InChI=1S/C9H20N2S/c1-8(7-12-3)11(2)9-4-5-10-6-9/h8-10H,4-7H2,1-3H3. The van der Waals surface area contributed by atoms with Crippen LogP contribution in [0.15, 0.2) is 0 Å². The predicted molar refractivity (Wildman–Crippen MR) is 56.9 cm³/mol. The van der Waals surface area contributed by atoms with E-state index in [1.54, 1.807) is 0 Å². The summed E-state index contributed by atoms with van der Waals surface area (Å²) in [7, 11) is 2.25. The molecule has 1 fully saturated rings. The lowest BCUT2D eigenvalue weighted by atomic mass is 10.2. The fourth-order valence-corrected chi connectivity index (χ4v) is 2.42. The molecule has 0 amide bonds. The first-order valence-electron chi connectivity index (χ1n) is 4.67. The molecule has 1 aliphatic rings. The van der Waals surface area contributed by atoms with Crippen molar-refractivity contribution in [1.29, 1.82) is 0 Å². The van der Waals surface area contributed by atoms with Crippen LogP contribution in [-0.2, 0) is 0 Å². The Labute approximate surface area is 80.1 Å². The Kier molecular flexibility index (Phi) is 4.40. The maximum Gasteiger partial charge on any atom is 0.0232 e. The Morgan fingerprint density at radius 2 is 2.42 bits per heavy atom. The average Bonchev–Trinajstić information content (AvgIpc) is 2.55. The molecule has 1 aliphatic heterocycles. The van der Waals surface area contributed by atoms with E-state index >= 15 is 0 Å². The van der Waals surface area contributed by atoms with Crippen LogP contribution in [0.2, 0.25) is 0 Å². The zero-order valence-corrected chi connectivity index (χ0v) is 9.16. The van der Waals surface area contributed by atoms with Gasteiger partial charge >= 0.3 is 0 Å². The second-order valence-corrected chi connectivity index (χ2v) is 4.53. The van der Waals surface area contributed by atoms with E-state index in [0.29, 0.717) is 6.04 Å². The van der Waals surface area contributed by atoms with Crippen LogP contribution in [0.5, 0.6) is 0 Å². The van der Waals surface area contributed by atoms with Gasteiger partial charge in [0, 0.05) is 24.4 Å². The molecule has 1 heterocycles. The largest absolute Gasteiger partial charge is 0.315 e. The van der Waals surface area contributed by atoms with Gasteiger partial charge in [0.05, 0.1) is 0 Å². The van der Waals surface area contributed by atoms with Crippen LogP contribution in [0.25, 0.3) is 0 Å². The van der Waals surface area contributed by atoms with Crippen molar-refractivity contribution in [3.05, 3.63) is 0 Å². The van der Waals surface area contributed by atoms with E-state index < -0.39 is 0 Å². The quantitative estimate of drug-likeness (QED) is 0.709. The Hall–Kier alpha value is 0.270. The topological polar surface area (TPSA) is 15.3 Å². The molecular weight excluding hydrogens is 168 g/mol. The Morgan fingerprint density at radius 3 is 2.92 bits per heavy atom. The summed E-state index contributed by atoms with van der Waals surface area (Å²) in [5.41, 5.74) is 0. The van der Waals surface area contributed by atoms with Crippen LogP contribution in [0.3, 0.4) is 0 Å². The Bertz CT molecular complexity index is 124. The number of thioether (sulfide) groups is 1. The SMILES string of the molecule is CSCC(C)N(C)C1CCNC1. The van der Waals surface area contributed by atoms with Crippen molar-refractivity contribution in [3.8, 4) is 0 Å². The molecule has 0 aliphatic carbocycles. The summed E-state index contributed by atoms with van der Waals surface area (Å²) in [4.78, 5) is 2.51. The molecule has 0 bridgehead atoms. The molecular formula is C9H20N2S. The van der Waals surface area contributed by atoms with E-state index in [9.17, 15) is 0 Å². The lowest BCUT2D eigenvalue weighted by Crippen LogP contribution is -2.41. The first kappa shape index (κ1) is 10.4. The van der Waals surface area contributed by atoms with Crippen LogP contribution >= 0.6 is 11.8 Å². The van der Waals surface area contributed by atoms with Crippen LogP contribution in [0.4, 0.5) is 0 Å². The lowest BCUT2D eigenvalue weighted by Gasteiger charge is -2.29. The lowest BCUT2D eigenvalue weighted by molar-refractivity contribution is 0.211. The van der Waals surface area contributed by atoms with Gasteiger partial charge in [0.25, 0.3) is 0 Å². The minimum absolute atomic E-state index is 0.713. The van der Waals surface area contributed by atoms with Crippen molar-refractivity contribution >= 4 is 11.8 Å². The second-order valence-electron chi connectivity index (χ2n) is 3.62. The molecule has 2 atom stereocenters. The minimum atomic E-state index is 0.713. The van der Waals surface area contributed by atoms with Gasteiger partial charge in [0.15, 0.2) is 0 Å². The molecule has 0 spiro atoms. The molecule has 1 saturated heterocycles. The molecule has 0 radical (unpaired) electrons. The van der Waals surface area contributed by atoms with Crippen LogP contribution < -0.4 is 5.32 Å². The molecule has 2 nitrogen and oxygen atoms in total. The van der Waals surface area contributed by atoms with Crippen LogP contribution in [0.1, 0.15) is 13.3 Å². The summed E-state index contributed by atoms with van der Waals surface area (Å²) in [6.07, 6.45) is 3.49. The number of likely N-dealkylation sites (N-methyl/N-ethyl adjacent to an activating group) is 1. The summed E-state index contributed by atoms with van der Waals surface area (Å²) in [5, 5.41) is 3.40. The first-order valence-corrected chi connectivity index (χ1v) is 6.06. The zero-order chi connectivity index (χ0) is 8.97. The number of hydrogen-bond acceptors (Lipinski definition) is 3. The Balaban J connectivity index is 2.29. The molecule has 3 heteroatoms. The fourth-order valence-electron chi connectivity index (χ4n) is 1.71. The van der Waals surface area contributed by atoms with Gasteiger partial charge in [-0.3, -0.25) is 4.90 Å². The summed E-state index contributed by atoms with van der Waals surface area (Å²) >= 11 is 1.93. The van der Waals surface area contributed by atoms with Crippen molar-refractivity contribution in [2.24, 2.45) is 0 Å². The van der Waals surface area contributed by atoms with E-state index in [1.807, 2.05) is 11.8 Å². The monoisotopic (exact) mass is 188 g/mol. The molecule has 1 rings (SSSR count). The normalized spacial score (nSPS) is 26.5. The van der Waals surface area contributed by atoms with Crippen molar-refractivity contribution in [1.82, 2.24) is 10.2 Å². The van der Waals surface area contributed by atoms with Gasteiger partial charge < -0.3 is 5.32 Å². The molecule has 12 heavy (non-hydrogen) atoms. The van der Waals surface area contributed by atoms with E-state index in [4.69, 9.17) is 0 Å². The molecule has 2 unspecified atom stereocenters. The van der Waals surface area contributed by atoms with Crippen molar-refractivity contribution in [2.45, 2.75) is 25.4 Å². The highest BCUT2D eigenvalue weighted by molar-refractivity contribution is 7.98. The molecule has 0 saturated carbocycles. The smallest absolute Gasteiger partial charge is 0.0232 e. The third kappa shape index (κ3) is 2.64. The molecule has 0 aromatic rings. The van der Waals surface area contributed by atoms with Gasteiger partial charge in [-0.2, -0.15) is 11.8 Å². The number of rotatable bonds is 4. The third-order valence-corrected chi connectivity index (χ3v) is 3.53. The molecule has 0 aromatic carbocycles. The molecule has 72 valence electrons. The third-order valence-electron chi connectivity index (χ3n) is 2.71. The minimum Gasteiger partial charge on any atom is -0.315 e. The van der Waals surface area contributed by atoms with Crippen molar-refractivity contribution in [3.63, 3.8) is 0 Å². The first-order chi connectivity index (χ1) is 5.75. The number of hydrogen-bond donors (Lipinski definition) is 1. The summed E-state index contributed by atoms with van der Waals surface area (Å²) in [6.45, 7) is 4.69. The highest BCUT2D eigenvalue weighted by atomic mass is 32.2. The Morgan fingerprint density at radius 1 is 1.67 bits per heavy atom. The summed E-state index contributed by atoms with van der Waals surface area (Å²) in [5.74, 6) is 1.24. The van der Waals surface area contributed by atoms with E-state index in [0.717, 1.165) is 6.04 Å². The second kappa shape index (κ2) is 5.10. The summed E-state index contributed by atoms with van der Waals surface area (Å²) < 4.78 is 0. The maximum atomic E-state index is 3.40. The van der Waals surface area contributed by atoms with Gasteiger partial charge in [-0.15, -0.1) is 0 Å². The predicted octanol–water partition coefficient (Wildman–Crippen LogP) is 1.03. The van der Waals surface area contributed by atoms with E-state index in [-0.39, 0.29) is 0 Å². The van der Waals surface area contributed by atoms with Crippen molar-refractivity contribution in [2.75, 3.05) is 32.1 Å². The zero-order valence-electron chi connectivity index (χ0n) is 8.34.